The molecule has 0 spiro atoms. The lowest BCUT2D eigenvalue weighted by molar-refractivity contribution is -0.384. The zero-order valence-electron chi connectivity index (χ0n) is 13.5. The summed E-state index contributed by atoms with van der Waals surface area (Å²) in [6, 6.07) is 12.7. The highest BCUT2D eigenvalue weighted by atomic mass is 19.1. The molecule has 128 valence electrons. The molecule has 2 aliphatic heterocycles. The highest BCUT2D eigenvalue weighted by Gasteiger charge is 2.47. The average Bonchev–Trinajstić information content (AvgIpc) is 2.62. The Balaban J connectivity index is 1.76. The second kappa shape index (κ2) is 5.95. The van der Waals surface area contributed by atoms with Crippen LogP contribution in [0.1, 0.15) is 30.9 Å². The number of halogens is 1. The van der Waals surface area contributed by atoms with Crippen LogP contribution in [0.2, 0.25) is 0 Å². The standard InChI is InChI=1S/C19H17FN2O3/c20-13-3-7-14(8-4-13)21-16-9-10-17(18(23)11-16)19(21)12-1-5-15(6-2-12)22(24)25/h1-8,16-17,19H,9-11H2. The topological polar surface area (TPSA) is 63.4 Å². The van der Waals surface area contributed by atoms with Gasteiger partial charge in [0.05, 0.1) is 11.0 Å². The summed E-state index contributed by atoms with van der Waals surface area (Å²) in [7, 11) is 0. The number of nitro groups is 1. The number of Topliss-reactive ketones (excluding diaryl/α,β-unsaturated/α-hetero) is 1. The van der Waals surface area contributed by atoms with E-state index >= 15 is 0 Å². The van der Waals surface area contributed by atoms with Gasteiger partial charge in [0.2, 0.25) is 0 Å². The van der Waals surface area contributed by atoms with Crippen molar-refractivity contribution in [3.63, 3.8) is 0 Å². The zero-order chi connectivity index (χ0) is 17.6. The van der Waals surface area contributed by atoms with Crippen LogP contribution in [0.25, 0.3) is 0 Å². The molecule has 0 radical (unpaired) electrons. The molecule has 3 atom stereocenters. The van der Waals surface area contributed by atoms with Crippen molar-refractivity contribution in [2.45, 2.75) is 31.3 Å². The molecule has 0 N–H and O–H groups in total. The third-order valence-electron chi connectivity index (χ3n) is 5.31. The zero-order valence-corrected chi connectivity index (χ0v) is 13.5. The fourth-order valence-electron chi connectivity index (χ4n) is 4.18. The van der Waals surface area contributed by atoms with E-state index in [0.717, 1.165) is 24.1 Å². The van der Waals surface area contributed by atoms with Gasteiger partial charge in [-0.25, -0.2) is 4.39 Å². The summed E-state index contributed by atoms with van der Waals surface area (Å²) in [6.07, 6.45) is 2.26. The van der Waals surface area contributed by atoms with E-state index in [1.165, 1.54) is 24.3 Å². The van der Waals surface area contributed by atoms with E-state index in [-0.39, 0.29) is 35.3 Å². The van der Waals surface area contributed by atoms with Crippen molar-refractivity contribution in [3.05, 3.63) is 70.0 Å². The summed E-state index contributed by atoms with van der Waals surface area (Å²) in [5.74, 6) is -0.177. The third-order valence-corrected chi connectivity index (χ3v) is 5.31. The SMILES string of the molecule is O=C1CC2CCC1C(c1ccc([N+](=O)[O-])cc1)N2c1ccc(F)cc1. The molecule has 3 fully saturated rings. The molecule has 3 aliphatic rings. The summed E-state index contributed by atoms with van der Waals surface area (Å²) < 4.78 is 13.3. The number of fused-ring (bicyclic) bond motifs is 3. The van der Waals surface area contributed by atoms with E-state index in [4.69, 9.17) is 0 Å². The molecule has 6 heteroatoms. The normalized spacial score (nSPS) is 25.2. The molecule has 0 amide bonds. The fourth-order valence-corrected chi connectivity index (χ4v) is 4.18. The van der Waals surface area contributed by atoms with Crippen LogP contribution in [0, 0.1) is 21.8 Å². The van der Waals surface area contributed by atoms with E-state index in [9.17, 15) is 19.3 Å². The van der Waals surface area contributed by atoms with Gasteiger partial charge < -0.3 is 4.90 Å². The lowest BCUT2D eigenvalue weighted by atomic mass is 9.71. The number of anilines is 1. The van der Waals surface area contributed by atoms with Gasteiger partial charge in [0, 0.05) is 36.2 Å². The molecule has 3 unspecified atom stereocenters. The van der Waals surface area contributed by atoms with E-state index in [0.29, 0.717) is 6.42 Å². The van der Waals surface area contributed by atoms with Crippen molar-refractivity contribution in [1.29, 1.82) is 0 Å². The van der Waals surface area contributed by atoms with E-state index in [1.807, 2.05) is 0 Å². The number of ketones is 1. The highest BCUT2D eigenvalue weighted by Crippen LogP contribution is 2.48. The quantitative estimate of drug-likeness (QED) is 0.625. The minimum absolute atomic E-state index is 0.0318. The van der Waals surface area contributed by atoms with E-state index in [2.05, 4.69) is 4.90 Å². The van der Waals surface area contributed by atoms with Crippen molar-refractivity contribution in [3.8, 4) is 0 Å². The molecule has 25 heavy (non-hydrogen) atoms. The Morgan fingerprint density at radius 1 is 1.04 bits per heavy atom. The van der Waals surface area contributed by atoms with E-state index < -0.39 is 4.92 Å². The van der Waals surface area contributed by atoms with Gasteiger partial charge in [-0.05, 0) is 42.7 Å². The summed E-state index contributed by atoms with van der Waals surface area (Å²) in [6.45, 7) is 0. The number of nitrogens with zero attached hydrogens (tertiary/aromatic N) is 2. The lowest BCUT2D eigenvalue weighted by Gasteiger charge is -2.52. The van der Waals surface area contributed by atoms with Gasteiger partial charge in [-0.3, -0.25) is 14.9 Å². The molecule has 1 saturated carbocycles. The van der Waals surface area contributed by atoms with Crippen molar-refractivity contribution >= 4 is 17.2 Å². The van der Waals surface area contributed by atoms with Crippen LogP contribution in [-0.4, -0.2) is 16.7 Å². The van der Waals surface area contributed by atoms with Gasteiger partial charge >= 0.3 is 0 Å². The Morgan fingerprint density at radius 3 is 2.32 bits per heavy atom. The summed E-state index contributed by atoms with van der Waals surface area (Å²) in [5.41, 5.74) is 1.80. The van der Waals surface area contributed by atoms with Gasteiger partial charge in [-0.1, -0.05) is 12.1 Å². The van der Waals surface area contributed by atoms with Gasteiger partial charge in [0.15, 0.2) is 0 Å². The molecular formula is C19H17FN2O3. The largest absolute Gasteiger partial charge is 0.360 e. The van der Waals surface area contributed by atoms with Gasteiger partial charge in [-0.2, -0.15) is 0 Å². The average molecular weight is 340 g/mol. The first kappa shape index (κ1) is 15.7. The molecule has 2 saturated heterocycles. The second-order valence-electron chi connectivity index (χ2n) is 6.69. The van der Waals surface area contributed by atoms with Crippen LogP contribution in [0.4, 0.5) is 15.8 Å². The number of carbonyl (C=O) groups excluding carboxylic acids is 1. The summed E-state index contributed by atoms with van der Waals surface area (Å²) in [4.78, 5) is 25.1. The lowest BCUT2D eigenvalue weighted by Crippen LogP contribution is -2.54. The Hall–Kier alpha value is -2.76. The smallest absolute Gasteiger partial charge is 0.269 e. The minimum Gasteiger partial charge on any atom is -0.360 e. The van der Waals surface area contributed by atoms with Crippen LogP contribution < -0.4 is 4.90 Å². The van der Waals surface area contributed by atoms with Crippen molar-refractivity contribution < 1.29 is 14.1 Å². The number of hydrogen-bond donors (Lipinski definition) is 0. The van der Waals surface area contributed by atoms with Crippen LogP contribution in [-0.2, 0) is 4.79 Å². The van der Waals surface area contributed by atoms with Gasteiger partial charge in [0.1, 0.15) is 11.6 Å². The molecule has 5 rings (SSSR count). The number of nitro benzene ring substituents is 1. The van der Waals surface area contributed by atoms with Crippen LogP contribution in [0.15, 0.2) is 48.5 Å². The second-order valence-corrected chi connectivity index (χ2v) is 6.69. The maximum absolute atomic E-state index is 13.3. The number of rotatable bonds is 3. The first-order valence-electron chi connectivity index (χ1n) is 8.35. The van der Waals surface area contributed by atoms with Crippen LogP contribution in [0.5, 0.6) is 0 Å². The molecule has 5 nitrogen and oxygen atoms in total. The maximum atomic E-state index is 13.3. The molecular weight excluding hydrogens is 323 g/mol. The Morgan fingerprint density at radius 2 is 1.72 bits per heavy atom. The molecule has 2 aromatic rings. The van der Waals surface area contributed by atoms with E-state index in [1.54, 1.807) is 24.3 Å². The number of benzene rings is 2. The Labute approximate surface area is 144 Å². The Kier molecular flexibility index (Phi) is 3.75. The molecule has 1 aliphatic carbocycles. The minimum atomic E-state index is -0.431. The molecule has 0 aromatic heterocycles. The predicted molar refractivity (Wildman–Crippen MR) is 90.9 cm³/mol. The highest BCUT2D eigenvalue weighted by molar-refractivity contribution is 5.86. The third kappa shape index (κ3) is 2.67. The number of piperidine rings is 2. The summed E-state index contributed by atoms with van der Waals surface area (Å²) in [5, 5.41) is 10.9. The maximum Gasteiger partial charge on any atom is 0.269 e. The molecule has 2 heterocycles. The number of hydrogen-bond acceptors (Lipinski definition) is 4. The monoisotopic (exact) mass is 340 g/mol. The summed E-state index contributed by atoms with van der Waals surface area (Å²) >= 11 is 0. The first-order chi connectivity index (χ1) is 12.0. The van der Waals surface area contributed by atoms with Crippen LogP contribution >= 0.6 is 0 Å². The predicted octanol–water partition coefficient (Wildman–Crippen LogP) is 4.03. The van der Waals surface area contributed by atoms with Crippen molar-refractivity contribution in [2.24, 2.45) is 5.92 Å². The van der Waals surface area contributed by atoms with Crippen molar-refractivity contribution in [1.82, 2.24) is 0 Å². The first-order valence-corrected chi connectivity index (χ1v) is 8.35. The van der Waals surface area contributed by atoms with Gasteiger partial charge in [0.25, 0.3) is 5.69 Å². The Bertz CT molecular complexity index is 820. The van der Waals surface area contributed by atoms with Crippen molar-refractivity contribution in [2.75, 3.05) is 4.90 Å². The van der Waals surface area contributed by atoms with Gasteiger partial charge in [-0.15, -0.1) is 0 Å². The molecule has 2 aromatic carbocycles. The van der Waals surface area contributed by atoms with Crippen LogP contribution in [0.3, 0.4) is 0 Å². The molecule has 2 bridgehead atoms. The number of non-ortho nitro benzene ring substituents is 1. The fraction of sp³-hybridized carbons (Fsp3) is 0.316. The number of carbonyl (C=O) groups is 1.